The van der Waals surface area contributed by atoms with Crippen molar-refractivity contribution >= 4 is 37.4 Å². The van der Waals surface area contributed by atoms with Gasteiger partial charge in [-0.25, -0.2) is 24.0 Å². The predicted octanol–water partition coefficient (Wildman–Crippen LogP) is -1.66. The molecule has 156 valence electrons. The summed E-state index contributed by atoms with van der Waals surface area (Å²) in [6.07, 6.45) is 2.13. The number of carbonyl (C=O) groups excluding carboxylic acids is 3. The van der Waals surface area contributed by atoms with E-state index in [1.54, 1.807) is 19.3 Å². The Morgan fingerprint density at radius 2 is 1.86 bits per heavy atom. The van der Waals surface area contributed by atoms with Gasteiger partial charge in [-0.15, -0.1) is 0 Å². The van der Waals surface area contributed by atoms with Crippen molar-refractivity contribution in [3.05, 3.63) is 12.4 Å². The summed E-state index contributed by atoms with van der Waals surface area (Å²) in [5.41, 5.74) is 0. The fourth-order valence-electron chi connectivity index (χ4n) is 2.22. The number of carboxylic acid groups (broad SMARTS) is 2. The molecule has 0 spiro atoms. The first-order valence-electron chi connectivity index (χ1n) is 8.17. The average molecular weight is 415 g/mol. The summed E-state index contributed by atoms with van der Waals surface area (Å²) >= 11 is 0. The Morgan fingerprint density at radius 3 is 2.34 bits per heavy atom. The maximum absolute atomic E-state index is 11.3. The maximum atomic E-state index is 11.3. The van der Waals surface area contributed by atoms with Crippen LogP contribution in [0.25, 0.3) is 0 Å². The van der Waals surface area contributed by atoms with Gasteiger partial charge in [0.1, 0.15) is 25.1 Å². The Bertz CT molecular complexity index is 794. The van der Waals surface area contributed by atoms with Gasteiger partial charge in [0.15, 0.2) is 0 Å². The number of carbonyl (C=O) groups is 5. The van der Waals surface area contributed by atoms with E-state index in [1.165, 1.54) is 9.13 Å². The van der Waals surface area contributed by atoms with Crippen LogP contribution in [0.4, 0.5) is 4.79 Å². The largest absolute Gasteiger partial charge is 0.873 e. The van der Waals surface area contributed by atoms with Crippen molar-refractivity contribution < 1.29 is 62.2 Å². The number of hydrogen-bond donors (Lipinski definition) is 2. The van der Waals surface area contributed by atoms with Crippen molar-refractivity contribution in [2.24, 2.45) is 0 Å². The van der Waals surface area contributed by atoms with Crippen molar-refractivity contribution in [1.29, 1.82) is 0 Å². The van der Waals surface area contributed by atoms with E-state index in [2.05, 4.69) is 14.0 Å². The highest BCUT2D eigenvalue weighted by Crippen LogP contribution is 2.13. The van der Waals surface area contributed by atoms with Gasteiger partial charge in [0.05, 0.1) is 13.1 Å². The van der Waals surface area contributed by atoms with Crippen LogP contribution in [0.1, 0.15) is 13.3 Å². The third kappa shape index (κ3) is 5.85. The first kappa shape index (κ1) is 21.5. The number of imidazole rings is 1. The normalized spacial score (nSPS) is 15.1. The third-order valence-corrected chi connectivity index (χ3v) is 3.56. The highest BCUT2D eigenvalue weighted by Gasteiger charge is 2.42. The lowest BCUT2D eigenvalue weighted by Crippen LogP contribution is -2.44. The average Bonchev–Trinajstić information content (AvgIpc) is 3.25. The molecule has 15 heteroatoms. The molecule has 0 amide bonds. The van der Waals surface area contributed by atoms with Gasteiger partial charge in [0, 0.05) is 6.42 Å². The minimum atomic E-state index is -2.28. The van der Waals surface area contributed by atoms with Gasteiger partial charge in [0.25, 0.3) is 0 Å². The van der Waals surface area contributed by atoms with Gasteiger partial charge in [-0.1, -0.05) is 0 Å². The molecule has 1 aromatic heterocycles. The molecule has 2 N–H and O–H groups in total. The minimum absolute atomic E-state index is 0.0425. The zero-order valence-electron chi connectivity index (χ0n) is 15.0. The molecule has 0 aliphatic carbocycles. The number of hydrogen-bond acceptors (Lipinski definition) is 10. The van der Waals surface area contributed by atoms with Crippen molar-refractivity contribution in [2.45, 2.75) is 32.5 Å². The minimum Gasteiger partial charge on any atom is -0.473 e. The van der Waals surface area contributed by atoms with Crippen molar-refractivity contribution in [2.75, 3.05) is 6.61 Å². The number of ether oxygens (including phenoxy) is 2. The van der Waals surface area contributed by atoms with Gasteiger partial charge in [-0.05, 0) is 6.92 Å². The van der Waals surface area contributed by atoms with Crippen LogP contribution in [-0.2, 0) is 51.1 Å². The molecule has 14 nitrogen and oxygen atoms in total. The molecule has 1 atom stereocenters. The molecule has 1 unspecified atom stereocenters. The van der Waals surface area contributed by atoms with Crippen LogP contribution in [0, 0.1) is 0 Å². The summed E-state index contributed by atoms with van der Waals surface area (Å²) in [7, 11) is -2.28. The van der Waals surface area contributed by atoms with Crippen molar-refractivity contribution in [1.82, 2.24) is 4.57 Å². The number of nitrogens with zero attached hydrogens (tertiary/aromatic N) is 2. The van der Waals surface area contributed by atoms with Gasteiger partial charge in [0.2, 0.25) is 0 Å². The summed E-state index contributed by atoms with van der Waals surface area (Å²) < 4.78 is 26.5. The summed E-state index contributed by atoms with van der Waals surface area (Å²) in [6, 6.07) is -0.0425. The quantitative estimate of drug-likeness (QED) is 0.214. The number of rotatable bonds is 8. The van der Waals surface area contributed by atoms with Crippen molar-refractivity contribution in [3.8, 4) is 6.01 Å². The molecule has 0 saturated carbocycles. The van der Waals surface area contributed by atoms with Crippen LogP contribution < -0.4 is 9.22 Å². The Morgan fingerprint density at radius 1 is 1.24 bits per heavy atom. The summed E-state index contributed by atoms with van der Waals surface area (Å²) in [5, 5.41) is 17.3. The second-order valence-corrected chi connectivity index (χ2v) is 5.48. The number of carboxylic acids is 2. The van der Waals surface area contributed by atoms with Crippen LogP contribution in [0.5, 0.6) is 6.01 Å². The first-order chi connectivity index (χ1) is 13.7. The fraction of sp³-hybridized carbons (Fsp3) is 0.429. The van der Waals surface area contributed by atoms with E-state index in [4.69, 9.17) is 19.6 Å². The molecule has 2 heterocycles. The molecule has 1 aromatic rings. The Kier molecular flexibility index (Phi) is 7.00. The first-order valence-corrected chi connectivity index (χ1v) is 8.17. The molecule has 1 aliphatic heterocycles. The van der Waals surface area contributed by atoms with E-state index in [0.717, 1.165) is 0 Å². The highest BCUT2D eigenvalue weighted by atomic mass is 16.8. The molecular formula is C14H16BN2O12+. The lowest BCUT2D eigenvalue weighted by Gasteiger charge is -2.12. The second kappa shape index (κ2) is 9.43. The van der Waals surface area contributed by atoms with E-state index in [0.29, 0.717) is 13.0 Å². The molecule has 1 saturated heterocycles. The molecule has 0 radical (unpaired) electrons. The lowest BCUT2D eigenvalue weighted by atomic mass is 10.2. The van der Waals surface area contributed by atoms with Crippen molar-refractivity contribution in [3.63, 3.8) is 0 Å². The Hall–Kier alpha value is -3.78. The van der Waals surface area contributed by atoms with E-state index in [1.807, 2.05) is 0 Å². The standard InChI is InChI=1S/C14H15BN2O12/c1-2-16-5-6-17(4-3-8-7-25-14(24)26-8)13(16)29-15(27-11(22)9(18)19)28-12(23)10(20)21/h5-6,8H,2-4,7H2,1H3,(H-,18,19,20,21)/p+1. The molecule has 0 bridgehead atoms. The van der Waals surface area contributed by atoms with E-state index >= 15 is 0 Å². The van der Waals surface area contributed by atoms with E-state index in [-0.39, 0.29) is 19.2 Å². The summed E-state index contributed by atoms with van der Waals surface area (Å²) in [5.74, 6) is -7.67. The number of cyclic esters (lactones) is 2. The summed E-state index contributed by atoms with van der Waals surface area (Å²) in [6.45, 7) is 2.36. The maximum Gasteiger partial charge on any atom is 0.873 e. The highest BCUT2D eigenvalue weighted by molar-refractivity contribution is 6.50. The lowest BCUT2D eigenvalue weighted by molar-refractivity contribution is -0.700. The summed E-state index contributed by atoms with van der Waals surface area (Å²) in [4.78, 5) is 54.9. The van der Waals surface area contributed by atoms with Gasteiger partial charge < -0.3 is 33.6 Å². The fourth-order valence-corrected chi connectivity index (χ4v) is 2.22. The van der Waals surface area contributed by atoms with Gasteiger partial charge in [-0.2, -0.15) is 9.13 Å². The van der Waals surface area contributed by atoms with Gasteiger partial charge in [-0.3, -0.25) is 0 Å². The monoisotopic (exact) mass is 415 g/mol. The molecule has 0 aromatic carbocycles. The Balaban J connectivity index is 2.16. The molecule has 29 heavy (non-hydrogen) atoms. The third-order valence-electron chi connectivity index (χ3n) is 3.56. The second-order valence-electron chi connectivity index (χ2n) is 5.48. The Labute approximate surface area is 162 Å². The molecular weight excluding hydrogens is 399 g/mol. The van der Waals surface area contributed by atoms with Crippen LogP contribution in [0.3, 0.4) is 0 Å². The number of aliphatic carboxylic acids is 2. The molecule has 2 rings (SSSR count). The number of aryl methyl sites for hydroxylation is 2. The van der Waals surface area contributed by atoms with Crippen LogP contribution >= 0.6 is 0 Å². The number of aromatic nitrogens is 2. The zero-order chi connectivity index (χ0) is 21.6. The topological polar surface area (TPSA) is 181 Å². The van der Waals surface area contributed by atoms with E-state index < -0.39 is 43.5 Å². The molecule has 1 aliphatic rings. The predicted molar refractivity (Wildman–Crippen MR) is 85.0 cm³/mol. The van der Waals surface area contributed by atoms with Crippen LogP contribution in [0.2, 0.25) is 0 Å². The SMILES string of the molecule is CCn1cc[n+](CCC2COC(=O)O2)c1OB(OC(=O)C(=O)O)OC(=O)C(=O)O. The van der Waals surface area contributed by atoms with Crippen LogP contribution in [0.15, 0.2) is 12.4 Å². The zero-order valence-corrected chi connectivity index (χ0v) is 15.0. The van der Waals surface area contributed by atoms with E-state index in [9.17, 15) is 24.0 Å². The van der Waals surface area contributed by atoms with Crippen LogP contribution in [-0.4, -0.2) is 64.8 Å². The smallest absolute Gasteiger partial charge is 0.473 e. The molecule has 1 fully saturated rings. The van der Waals surface area contributed by atoms with Gasteiger partial charge >= 0.3 is 43.4 Å².